The SMILES string of the molecule is O=C(NCCc1ccc(Oc2ccccc2)cc1)c1ccc(C2=NOC(c3ccc(Cl)c(Cl)c3)(C(F)(F)F)C2)cc1. The monoisotopic (exact) mass is 598 g/mol. The van der Waals surface area contributed by atoms with Crippen LogP contribution in [0.4, 0.5) is 13.2 Å². The molecule has 0 bridgehead atoms. The summed E-state index contributed by atoms with van der Waals surface area (Å²) in [5.41, 5.74) is -1.00. The Morgan fingerprint density at radius 2 is 1.59 bits per heavy atom. The number of alkyl halides is 3. The maximum Gasteiger partial charge on any atom is 0.435 e. The number of hydrogen-bond acceptors (Lipinski definition) is 4. The molecule has 5 rings (SSSR count). The minimum Gasteiger partial charge on any atom is -0.457 e. The minimum atomic E-state index is -4.77. The highest BCUT2D eigenvalue weighted by molar-refractivity contribution is 6.42. The van der Waals surface area contributed by atoms with Crippen molar-refractivity contribution in [1.29, 1.82) is 0 Å². The number of oxime groups is 1. The van der Waals surface area contributed by atoms with E-state index in [1.807, 2.05) is 54.6 Å². The van der Waals surface area contributed by atoms with Crippen molar-refractivity contribution in [1.82, 2.24) is 5.32 Å². The second-order valence-corrected chi connectivity index (χ2v) is 10.2. The van der Waals surface area contributed by atoms with Gasteiger partial charge in [0.1, 0.15) is 11.5 Å². The fourth-order valence-corrected chi connectivity index (χ4v) is 4.69. The molecule has 0 fully saturated rings. The normalized spacial score (nSPS) is 16.6. The number of ether oxygens (including phenoxy) is 1. The number of para-hydroxylation sites is 1. The number of carbonyl (C=O) groups is 1. The summed E-state index contributed by atoms with van der Waals surface area (Å²) in [6.45, 7) is 0.401. The Hall–Kier alpha value is -4.01. The van der Waals surface area contributed by atoms with Crippen LogP contribution < -0.4 is 10.1 Å². The molecule has 1 N–H and O–H groups in total. The highest BCUT2D eigenvalue weighted by Gasteiger charge is 2.62. The van der Waals surface area contributed by atoms with E-state index in [1.165, 1.54) is 24.3 Å². The zero-order valence-electron chi connectivity index (χ0n) is 21.4. The first kappa shape index (κ1) is 28.5. The smallest absolute Gasteiger partial charge is 0.435 e. The molecule has 1 atom stereocenters. The third kappa shape index (κ3) is 6.34. The zero-order chi connectivity index (χ0) is 29.0. The molecule has 4 aromatic carbocycles. The van der Waals surface area contributed by atoms with Gasteiger partial charge in [0.25, 0.3) is 11.5 Å². The van der Waals surface area contributed by atoms with E-state index in [9.17, 15) is 18.0 Å². The predicted molar refractivity (Wildman–Crippen MR) is 152 cm³/mol. The van der Waals surface area contributed by atoms with Crippen molar-refractivity contribution in [3.8, 4) is 11.5 Å². The molecule has 0 spiro atoms. The average Bonchev–Trinajstić information content (AvgIpc) is 3.43. The van der Waals surface area contributed by atoms with Crippen molar-refractivity contribution in [2.45, 2.75) is 24.6 Å². The van der Waals surface area contributed by atoms with Gasteiger partial charge in [0.2, 0.25) is 0 Å². The quantitative estimate of drug-likeness (QED) is 0.222. The Kier molecular flexibility index (Phi) is 8.24. The number of carbonyl (C=O) groups excluding carboxylic acids is 1. The van der Waals surface area contributed by atoms with Crippen LogP contribution in [0.25, 0.3) is 0 Å². The summed E-state index contributed by atoms with van der Waals surface area (Å²) >= 11 is 11.9. The van der Waals surface area contributed by atoms with E-state index < -0.39 is 18.2 Å². The molecule has 10 heteroatoms. The first-order chi connectivity index (χ1) is 19.6. The van der Waals surface area contributed by atoms with Crippen molar-refractivity contribution in [2.24, 2.45) is 5.16 Å². The fourth-order valence-electron chi connectivity index (χ4n) is 4.39. The van der Waals surface area contributed by atoms with Gasteiger partial charge >= 0.3 is 6.18 Å². The lowest BCUT2D eigenvalue weighted by Gasteiger charge is -2.29. The van der Waals surface area contributed by atoms with E-state index >= 15 is 0 Å². The molecule has 0 aromatic heterocycles. The summed E-state index contributed by atoms with van der Waals surface area (Å²) in [7, 11) is 0. The van der Waals surface area contributed by atoms with Crippen LogP contribution in [0.1, 0.15) is 33.5 Å². The summed E-state index contributed by atoms with van der Waals surface area (Å²) in [4.78, 5) is 17.7. The molecule has 0 aliphatic carbocycles. The van der Waals surface area contributed by atoms with Gasteiger partial charge < -0.3 is 14.9 Å². The maximum absolute atomic E-state index is 14.2. The van der Waals surface area contributed by atoms with Crippen LogP contribution in [0.2, 0.25) is 10.0 Å². The van der Waals surface area contributed by atoms with Crippen molar-refractivity contribution in [3.63, 3.8) is 0 Å². The predicted octanol–water partition coefficient (Wildman–Crippen LogP) is 8.34. The van der Waals surface area contributed by atoms with Gasteiger partial charge in [-0.05, 0) is 66.1 Å². The van der Waals surface area contributed by atoms with Crippen LogP contribution in [0, 0.1) is 0 Å². The molecule has 4 aromatic rings. The van der Waals surface area contributed by atoms with Gasteiger partial charge in [-0.1, -0.05) is 76.9 Å². The van der Waals surface area contributed by atoms with Crippen LogP contribution in [0.5, 0.6) is 11.5 Å². The number of nitrogens with one attached hydrogen (secondary N) is 1. The number of amides is 1. The third-order valence-corrected chi connectivity index (χ3v) is 7.39. The molecule has 41 heavy (non-hydrogen) atoms. The van der Waals surface area contributed by atoms with Gasteiger partial charge in [-0.2, -0.15) is 13.2 Å². The summed E-state index contributed by atoms with van der Waals surface area (Å²) in [6, 6.07) is 26.9. The average molecular weight is 599 g/mol. The van der Waals surface area contributed by atoms with E-state index in [4.69, 9.17) is 32.8 Å². The highest BCUT2D eigenvalue weighted by Crippen LogP contribution is 2.49. The fraction of sp³-hybridized carbons (Fsp3) is 0.161. The molecule has 1 aliphatic heterocycles. The molecular formula is C31H23Cl2F3N2O3. The van der Waals surface area contributed by atoms with Crippen molar-refractivity contribution in [2.75, 3.05) is 6.54 Å². The third-order valence-electron chi connectivity index (χ3n) is 6.65. The lowest BCUT2D eigenvalue weighted by atomic mass is 9.86. The molecular weight excluding hydrogens is 576 g/mol. The van der Waals surface area contributed by atoms with Gasteiger partial charge in [-0.25, -0.2) is 0 Å². The first-order valence-electron chi connectivity index (χ1n) is 12.6. The van der Waals surface area contributed by atoms with Crippen LogP contribution >= 0.6 is 23.2 Å². The van der Waals surface area contributed by atoms with Crippen LogP contribution in [0.3, 0.4) is 0 Å². The lowest BCUT2D eigenvalue weighted by molar-refractivity contribution is -0.275. The summed E-state index contributed by atoms with van der Waals surface area (Å²) in [5, 5.41) is 6.72. The van der Waals surface area contributed by atoms with Crippen molar-refractivity contribution >= 4 is 34.8 Å². The molecule has 5 nitrogen and oxygen atoms in total. The number of hydrogen-bond donors (Lipinski definition) is 1. The molecule has 1 unspecified atom stereocenters. The molecule has 210 valence electrons. The Balaban J connectivity index is 1.17. The van der Waals surface area contributed by atoms with Gasteiger partial charge in [-0.15, -0.1) is 0 Å². The van der Waals surface area contributed by atoms with E-state index in [0.717, 1.165) is 17.4 Å². The van der Waals surface area contributed by atoms with Gasteiger partial charge in [0.05, 0.1) is 15.8 Å². The largest absolute Gasteiger partial charge is 0.457 e. The number of rotatable bonds is 8. The minimum absolute atomic E-state index is 0.0192. The Morgan fingerprint density at radius 1 is 0.902 bits per heavy atom. The van der Waals surface area contributed by atoms with Crippen LogP contribution in [0.15, 0.2) is 102 Å². The summed E-state index contributed by atoms with van der Waals surface area (Å²) in [6.07, 6.45) is -4.72. The molecule has 1 heterocycles. The second-order valence-electron chi connectivity index (χ2n) is 9.40. The second kappa shape index (κ2) is 11.8. The van der Waals surface area contributed by atoms with E-state index in [0.29, 0.717) is 29.8 Å². The molecule has 0 saturated carbocycles. The van der Waals surface area contributed by atoms with E-state index in [-0.39, 0.29) is 27.2 Å². The topological polar surface area (TPSA) is 59.9 Å². The standard InChI is InChI=1S/C31H23Cl2F3N2O3/c32-26-15-12-23(18-27(26)33)30(31(34,35)36)19-28(38-41-30)21-8-10-22(11-9-21)29(39)37-17-16-20-6-13-25(14-7-20)40-24-4-2-1-3-5-24/h1-15,18H,16-17,19H2,(H,37,39). The van der Waals surface area contributed by atoms with Crippen molar-refractivity contribution in [3.05, 3.63) is 129 Å². The number of halogens is 5. The van der Waals surface area contributed by atoms with Crippen molar-refractivity contribution < 1.29 is 27.5 Å². The Morgan fingerprint density at radius 3 is 2.24 bits per heavy atom. The van der Waals surface area contributed by atoms with Gasteiger partial charge in [0, 0.05) is 24.1 Å². The number of nitrogens with zero attached hydrogens (tertiary/aromatic N) is 1. The van der Waals surface area contributed by atoms with E-state index in [2.05, 4.69) is 10.5 Å². The molecule has 1 amide bonds. The molecule has 0 saturated heterocycles. The maximum atomic E-state index is 14.2. The van der Waals surface area contributed by atoms with Gasteiger partial charge in [0.15, 0.2) is 0 Å². The van der Waals surface area contributed by atoms with Crippen LogP contribution in [-0.4, -0.2) is 24.3 Å². The first-order valence-corrected chi connectivity index (χ1v) is 13.4. The lowest BCUT2D eigenvalue weighted by Crippen LogP contribution is -2.42. The van der Waals surface area contributed by atoms with E-state index in [1.54, 1.807) is 12.1 Å². The number of benzene rings is 4. The summed E-state index contributed by atoms with van der Waals surface area (Å²) in [5.74, 6) is 1.16. The van der Waals surface area contributed by atoms with Crippen LogP contribution in [-0.2, 0) is 16.9 Å². The molecule has 1 aliphatic rings. The Bertz CT molecular complexity index is 1560. The van der Waals surface area contributed by atoms with Gasteiger partial charge in [-0.3, -0.25) is 4.79 Å². The molecule has 0 radical (unpaired) electrons. The summed E-state index contributed by atoms with van der Waals surface area (Å²) < 4.78 is 48.4. The zero-order valence-corrected chi connectivity index (χ0v) is 22.9. The Labute approximate surface area is 244 Å². The highest BCUT2D eigenvalue weighted by atomic mass is 35.5.